The standard InChI is InChI=1S/C37H30NOP/c1-38(2)28-23-21-26(22-24-28)35-32-19-11-12-20-33(32)37(34-25-27-13-9-10-18-31(27)36(34)35)40(39,29-14-5-3-6-15-29)30-16-7-4-8-17-30/h3-24H,25H2,1-2H3. The predicted molar refractivity (Wildman–Crippen MR) is 171 cm³/mol. The normalized spacial score (nSPS) is 12.2. The van der Waals surface area contributed by atoms with E-state index in [0.29, 0.717) is 0 Å². The van der Waals surface area contributed by atoms with Gasteiger partial charge in [0.25, 0.3) is 0 Å². The van der Waals surface area contributed by atoms with E-state index in [1.54, 1.807) is 0 Å². The zero-order chi connectivity index (χ0) is 27.3. The molecule has 6 aromatic carbocycles. The van der Waals surface area contributed by atoms with E-state index in [0.717, 1.165) is 33.1 Å². The lowest BCUT2D eigenvalue weighted by molar-refractivity contribution is 0.592. The zero-order valence-electron chi connectivity index (χ0n) is 22.7. The Balaban J connectivity index is 1.65. The Hall–Kier alpha value is -4.39. The molecular weight excluding hydrogens is 505 g/mol. The van der Waals surface area contributed by atoms with Crippen molar-refractivity contribution in [3.8, 4) is 22.3 Å². The average Bonchev–Trinajstić information content (AvgIpc) is 3.39. The van der Waals surface area contributed by atoms with Gasteiger partial charge >= 0.3 is 0 Å². The molecule has 0 radical (unpaired) electrons. The van der Waals surface area contributed by atoms with Gasteiger partial charge in [-0.15, -0.1) is 0 Å². The molecule has 0 N–H and O–H groups in total. The summed E-state index contributed by atoms with van der Waals surface area (Å²) < 4.78 is 15.9. The third kappa shape index (κ3) is 3.75. The third-order valence-electron chi connectivity index (χ3n) is 8.17. The van der Waals surface area contributed by atoms with Crippen molar-refractivity contribution in [2.24, 2.45) is 0 Å². The average molecular weight is 536 g/mol. The van der Waals surface area contributed by atoms with Crippen LogP contribution in [0.4, 0.5) is 5.69 Å². The fraction of sp³-hybridized carbons (Fsp3) is 0.0811. The molecule has 0 aliphatic heterocycles. The van der Waals surface area contributed by atoms with Crippen LogP contribution in [0.5, 0.6) is 0 Å². The van der Waals surface area contributed by atoms with Crippen LogP contribution in [0.3, 0.4) is 0 Å². The van der Waals surface area contributed by atoms with Crippen LogP contribution in [0.25, 0.3) is 33.0 Å². The number of benzene rings is 6. The van der Waals surface area contributed by atoms with E-state index >= 15 is 4.57 Å². The van der Waals surface area contributed by atoms with E-state index in [-0.39, 0.29) is 0 Å². The lowest BCUT2D eigenvalue weighted by Crippen LogP contribution is -2.28. The highest BCUT2D eigenvalue weighted by Gasteiger charge is 2.38. The molecule has 3 heteroatoms. The summed E-state index contributed by atoms with van der Waals surface area (Å²) in [4.78, 5) is 2.13. The van der Waals surface area contributed by atoms with E-state index in [2.05, 4.69) is 91.8 Å². The molecule has 0 unspecified atom stereocenters. The van der Waals surface area contributed by atoms with E-state index in [1.165, 1.54) is 39.1 Å². The third-order valence-corrected chi connectivity index (χ3v) is 11.4. The largest absolute Gasteiger partial charge is 0.378 e. The molecule has 0 atom stereocenters. The number of hydrogen-bond donors (Lipinski definition) is 0. The summed E-state index contributed by atoms with van der Waals surface area (Å²) in [5, 5.41) is 4.91. The van der Waals surface area contributed by atoms with Crippen molar-refractivity contribution >= 4 is 39.5 Å². The molecule has 2 nitrogen and oxygen atoms in total. The number of fused-ring (bicyclic) bond motifs is 4. The molecule has 0 amide bonds. The van der Waals surface area contributed by atoms with Gasteiger partial charge in [0.1, 0.15) is 0 Å². The van der Waals surface area contributed by atoms with Crippen LogP contribution in [-0.4, -0.2) is 14.1 Å². The number of hydrogen-bond acceptors (Lipinski definition) is 2. The van der Waals surface area contributed by atoms with Crippen LogP contribution < -0.4 is 20.8 Å². The van der Waals surface area contributed by atoms with Crippen molar-refractivity contribution in [1.29, 1.82) is 0 Å². The molecule has 1 aliphatic rings. The van der Waals surface area contributed by atoms with Crippen LogP contribution in [0, 0.1) is 0 Å². The fourth-order valence-electron chi connectivity index (χ4n) is 6.32. The summed E-state index contributed by atoms with van der Waals surface area (Å²) in [6, 6.07) is 46.2. The summed E-state index contributed by atoms with van der Waals surface area (Å²) in [7, 11) is 0.904. The molecule has 0 fully saturated rings. The Labute approximate surface area is 235 Å². The highest BCUT2D eigenvalue weighted by Crippen LogP contribution is 2.53. The molecule has 0 spiro atoms. The van der Waals surface area contributed by atoms with E-state index in [1.807, 2.05) is 60.7 Å². The molecule has 0 saturated heterocycles. The van der Waals surface area contributed by atoms with E-state index < -0.39 is 7.14 Å². The molecule has 7 rings (SSSR count). The van der Waals surface area contributed by atoms with Gasteiger partial charge in [0.15, 0.2) is 7.14 Å². The summed E-state index contributed by atoms with van der Waals surface area (Å²) in [6.45, 7) is 0. The van der Waals surface area contributed by atoms with Crippen LogP contribution in [0.15, 0.2) is 133 Å². The summed E-state index contributed by atoms with van der Waals surface area (Å²) in [6.07, 6.45) is 0.762. The highest BCUT2D eigenvalue weighted by molar-refractivity contribution is 7.85. The van der Waals surface area contributed by atoms with Crippen molar-refractivity contribution in [2.75, 3.05) is 19.0 Å². The van der Waals surface area contributed by atoms with Gasteiger partial charge in [-0.1, -0.05) is 121 Å². The van der Waals surface area contributed by atoms with Gasteiger partial charge in [-0.3, -0.25) is 0 Å². The second-order valence-electron chi connectivity index (χ2n) is 10.7. The quantitative estimate of drug-likeness (QED) is 0.210. The highest BCUT2D eigenvalue weighted by atomic mass is 31.2. The first-order valence-electron chi connectivity index (χ1n) is 13.7. The summed E-state index contributed by atoms with van der Waals surface area (Å²) >= 11 is 0. The molecule has 6 aromatic rings. The minimum absolute atomic E-state index is 0.762. The smallest absolute Gasteiger partial charge is 0.171 e. The maximum absolute atomic E-state index is 15.9. The fourth-order valence-corrected chi connectivity index (χ4v) is 9.42. The predicted octanol–water partition coefficient (Wildman–Crippen LogP) is 7.78. The lowest BCUT2D eigenvalue weighted by atomic mass is 9.89. The molecular formula is C37H30NOP. The van der Waals surface area contributed by atoms with Gasteiger partial charge in [-0.05, 0) is 62.7 Å². The van der Waals surface area contributed by atoms with Crippen molar-refractivity contribution in [1.82, 2.24) is 0 Å². The Morgan fingerprint density at radius 1 is 0.575 bits per heavy atom. The van der Waals surface area contributed by atoms with Gasteiger partial charge in [-0.25, -0.2) is 0 Å². The van der Waals surface area contributed by atoms with Crippen molar-refractivity contribution < 1.29 is 4.57 Å². The zero-order valence-corrected chi connectivity index (χ0v) is 23.6. The van der Waals surface area contributed by atoms with Crippen LogP contribution >= 0.6 is 7.14 Å². The first-order chi connectivity index (χ1) is 19.6. The van der Waals surface area contributed by atoms with Crippen molar-refractivity contribution in [3.63, 3.8) is 0 Å². The van der Waals surface area contributed by atoms with Crippen molar-refractivity contribution in [2.45, 2.75) is 6.42 Å². The topological polar surface area (TPSA) is 20.3 Å². The molecule has 1 aliphatic carbocycles. The summed E-state index contributed by atoms with van der Waals surface area (Å²) in [5.41, 5.74) is 8.49. The maximum atomic E-state index is 15.9. The van der Waals surface area contributed by atoms with Crippen LogP contribution in [0.1, 0.15) is 11.1 Å². The summed E-state index contributed by atoms with van der Waals surface area (Å²) in [5.74, 6) is 0. The molecule has 194 valence electrons. The molecule has 0 aromatic heterocycles. The van der Waals surface area contributed by atoms with Gasteiger partial charge in [0, 0.05) is 35.7 Å². The Kier molecular flexibility index (Phi) is 5.95. The first-order valence-corrected chi connectivity index (χ1v) is 15.4. The lowest BCUT2D eigenvalue weighted by Gasteiger charge is -2.27. The Morgan fingerprint density at radius 3 is 1.75 bits per heavy atom. The second kappa shape index (κ2) is 9.66. The number of nitrogens with zero attached hydrogens (tertiary/aromatic N) is 1. The maximum Gasteiger partial charge on any atom is 0.171 e. The van der Waals surface area contributed by atoms with Crippen LogP contribution in [0.2, 0.25) is 0 Å². The minimum Gasteiger partial charge on any atom is -0.378 e. The van der Waals surface area contributed by atoms with E-state index in [4.69, 9.17) is 0 Å². The minimum atomic E-state index is -3.23. The second-order valence-corrected chi connectivity index (χ2v) is 13.4. The van der Waals surface area contributed by atoms with Crippen molar-refractivity contribution in [3.05, 3.63) is 145 Å². The van der Waals surface area contributed by atoms with Gasteiger partial charge in [-0.2, -0.15) is 0 Å². The number of anilines is 1. The Bertz CT molecular complexity index is 1870. The first kappa shape index (κ1) is 24.6. The molecule has 0 bridgehead atoms. The van der Waals surface area contributed by atoms with Gasteiger partial charge in [0.05, 0.1) is 0 Å². The Morgan fingerprint density at radius 2 is 1.12 bits per heavy atom. The van der Waals surface area contributed by atoms with E-state index in [9.17, 15) is 0 Å². The van der Waals surface area contributed by atoms with Crippen LogP contribution in [-0.2, 0) is 11.0 Å². The molecule has 40 heavy (non-hydrogen) atoms. The monoisotopic (exact) mass is 535 g/mol. The molecule has 0 saturated carbocycles. The van der Waals surface area contributed by atoms with Gasteiger partial charge in [0.2, 0.25) is 0 Å². The number of rotatable bonds is 5. The van der Waals surface area contributed by atoms with Gasteiger partial charge < -0.3 is 9.46 Å². The molecule has 0 heterocycles. The SMILES string of the molecule is CN(C)c1ccc(-c2c3c(c(P(=O)(c4ccccc4)c4ccccc4)c4ccccc24)Cc2ccccc2-3)cc1.